The van der Waals surface area contributed by atoms with Gasteiger partial charge in [0.2, 0.25) is 0 Å². The molecule has 0 fully saturated rings. The fourth-order valence-electron chi connectivity index (χ4n) is 3.47. The Kier molecular flexibility index (Phi) is 7.74. The molecule has 3 N–H and O–H groups in total. The first-order valence-electron chi connectivity index (χ1n) is 10.3. The first kappa shape index (κ1) is 22.9. The highest BCUT2D eigenvalue weighted by Gasteiger charge is 2.40. The number of aliphatic hydroxyl groups excluding tert-OH is 1. The van der Waals surface area contributed by atoms with E-state index < -0.39 is 17.7 Å². The number of pyridine rings is 1. The number of aldehydes is 1. The average Bonchev–Trinajstić information content (AvgIpc) is 2.78. The van der Waals surface area contributed by atoms with E-state index in [9.17, 15) is 14.7 Å². The molecule has 6 nitrogen and oxygen atoms in total. The predicted molar refractivity (Wildman–Crippen MR) is 122 cm³/mol. The fourth-order valence-corrected chi connectivity index (χ4v) is 3.71. The Morgan fingerprint density at radius 1 is 1.19 bits per heavy atom. The molecular weight excluding hydrogens is 414 g/mol. The van der Waals surface area contributed by atoms with E-state index in [0.29, 0.717) is 18.3 Å². The molecule has 0 aliphatic heterocycles. The lowest BCUT2D eigenvalue weighted by Crippen LogP contribution is -2.68. The highest BCUT2D eigenvalue weighted by Crippen LogP contribution is 2.23. The topological polar surface area (TPSA) is 91.3 Å². The zero-order valence-electron chi connectivity index (χ0n) is 17.3. The summed E-state index contributed by atoms with van der Waals surface area (Å²) in [6.07, 6.45) is 0.879. The second-order valence-corrected chi connectivity index (χ2v) is 7.87. The summed E-state index contributed by atoms with van der Waals surface area (Å²) < 4.78 is 0. The Labute approximate surface area is 186 Å². The van der Waals surface area contributed by atoms with Gasteiger partial charge in [-0.15, -0.1) is 0 Å². The molecule has 2 atom stereocenters. The maximum atomic E-state index is 13.2. The van der Waals surface area contributed by atoms with E-state index in [1.54, 1.807) is 12.1 Å². The van der Waals surface area contributed by atoms with Crippen LogP contribution in [0.25, 0.3) is 10.9 Å². The molecule has 0 aliphatic rings. The van der Waals surface area contributed by atoms with Gasteiger partial charge in [-0.05, 0) is 30.7 Å². The van der Waals surface area contributed by atoms with Gasteiger partial charge in [0.05, 0.1) is 10.5 Å². The maximum absolute atomic E-state index is 13.2. The lowest BCUT2D eigenvalue weighted by atomic mass is 9.93. The normalized spacial score (nSPS) is 14.0. The van der Waals surface area contributed by atoms with Crippen LogP contribution in [0.15, 0.2) is 60.7 Å². The van der Waals surface area contributed by atoms with Gasteiger partial charge in [-0.25, -0.2) is 4.98 Å². The van der Waals surface area contributed by atoms with Crippen molar-refractivity contribution in [1.82, 2.24) is 15.6 Å². The molecule has 0 aliphatic carbocycles. The minimum absolute atomic E-state index is 0.0354. The summed E-state index contributed by atoms with van der Waals surface area (Å²) in [6, 6.07) is 18.4. The number of carbonyl (C=O) groups excluding carboxylic acids is 2. The van der Waals surface area contributed by atoms with Crippen molar-refractivity contribution in [1.29, 1.82) is 0 Å². The van der Waals surface area contributed by atoms with Crippen LogP contribution >= 0.6 is 11.6 Å². The molecule has 2 unspecified atom stereocenters. The largest absolute Gasteiger partial charge is 0.382 e. The van der Waals surface area contributed by atoms with E-state index in [0.717, 1.165) is 23.8 Å². The quantitative estimate of drug-likeness (QED) is 0.255. The third kappa shape index (κ3) is 5.47. The number of amides is 1. The minimum Gasteiger partial charge on any atom is -0.382 e. The van der Waals surface area contributed by atoms with Crippen LogP contribution < -0.4 is 10.6 Å². The van der Waals surface area contributed by atoms with Crippen LogP contribution in [0.3, 0.4) is 0 Å². The van der Waals surface area contributed by atoms with Crippen LogP contribution in [-0.4, -0.2) is 40.6 Å². The number of nitrogens with one attached hydrogen (secondary N) is 2. The van der Waals surface area contributed by atoms with Crippen LogP contribution in [0.1, 0.15) is 35.8 Å². The summed E-state index contributed by atoms with van der Waals surface area (Å²) in [5.74, 6) is -0.573. The molecule has 31 heavy (non-hydrogen) atoms. The number of fused-ring (bicyclic) bond motifs is 1. The molecule has 0 bridgehead atoms. The summed E-state index contributed by atoms with van der Waals surface area (Å²) in [5, 5.41) is 17.7. The summed E-state index contributed by atoms with van der Waals surface area (Å²) in [5.41, 5.74) is 0.102. The molecule has 0 radical (unpaired) electrons. The Bertz CT molecular complexity index is 1040. The van der Waals surface area contributed by atoms with Crippen molar-refractivity contribution in [2.24, 2.45) is 0 Å². The second kappa shape index (κ2) is 10.5. The number of aliphatic hydroxyl groups is 1. The highest BCUT2D eigenvalue weighted by molar-refractivity contribution is 6.34. The monoisotopic (exact) mass is 439 g/mol. The van der Waals surface area contributed by atoms with E-state index in [-0.39, 0.29) is 17.1 Å². The fraction of sp³-hybridized carbons (Fsp3) is 0.292. The predicted octanol–water partition coefficient (Wildman–Crippen LogP) is 3.51. The van der Waals surface area contributed by atoms with Crippen molar-refractivity contribution >= 4 is 34.7 Å². The minimum atomic E-state index is -1.48. The standard InChI is InChI=1S/C24H26ClN3O3/c1-2-3-13-26-24(21(30)16-29,15-17-9-5-4-6-10-17)28-23(31)22-19(25)14-18-11-7-8-12-20(18)27-22/h4-12,14,16,21,26,30H,2-3,13,15H2,1H3,(H,28,31). The lowest BCUT2D eigenvalue weighted by Gasteiger charge is -2.38. The molecule has 0 saturated heterocycles. The summed E-state index contributed by atoms with van der Waals surface area (Å²) in [6.45, 7) is 2.54. The summed E-state index contributed by atoms with van der Waals surface area (Å²) >= 11 is 6.35. The van der Waals surface area contributed by atoms with Crippen LogP contribution in [0.2, 0.25) is 5.02 Å². The molecule has 1 heterocycles. The first-order chi connectivity index (χ1) is 15.0. The van der Waals surface area contributed by atoms with Gasteiger partial charge in [-0.2, -0.15) is 0 Å². The van der Waals surface area contributed by atoms with Crippen LogP contribution in [0.4, 0.5) is 0 Å². The number of nitrogens with zero attached hydrogens (tertiary/aromatic N) is 1. The number of unbranched alkanes of at least 4 members (excludes halogenated alkanes) is 1. The molecular formula is C24H26ClN3O3. The van der Waals surface area contributed by atoms with E-state index in [1.807, 2.05) is 55.5 Å². The number of benzene rings is 2. The maximum Gasteiger partial charge on any atom is 0.272 e. The van der Waals surface area contributed by atoms with Crippen molar-refractivity contribution in [3.63, 3.8) is 0 Å². The van der Waals surface area contributed by atoms with Gasteiger partial charge in [-0.3, -0.25) is 10.1 Å². The molecule has 2 aromatic carbocycles. The number of rotatable bonds is 10. The molecule has 162 valence electrons. The van der Waals surface area contributed by atoms with Crippen molar-refractivity contribution < 1.29 is 14.7 Å². The van der Waals surface area contributed by atoms with Gasteiger partial charge < -0.3 is 15.2 Å². The van der Waals surface area contributed by atoms with Crippen molar-refractivity contribution in [2.45, 2.75) is 38.0 Å². The number of hydrogen-bond acceptors (Lipinski definition) is 5. The first-order valence-corrected chi connectivity index (χ1v) is 10.7. The van der Waals surface area contributed by atoms with Crippen LogP contribution in [0.5, 0.6) is 0 Å². The van der Waals surface area contributed by atoms with Crippen molar-refractivity contribution in [3.05, 3.63) is 76.9 Å². The summed E-state index contributed by atoms with van der Waals surface area (Å²) in [7, 11) is 0. The van der Waals surface area contributed by atoms with Gasteiger partial charge in [-0.1, -0.05) is 73.5 Å². The third-order valence-electron chi connectivity index (χ3n) is 5.16. The Morgan fingerprint density at radius 3 is 2.61 bits per heavy atom. The van der Waals surface area contributed by atoms with E-state index in [4.69, 9.17) is 11.6 Å². The summed E-state index contributed by atoms with van der Waals surface area (Å²) in [4.78, 5) is 29.3. The Hall–Kier alpha value is -2.80. The highest BCUT2D eigenvalue weighted by atomic mass is 35.5. The molecule has 1 aromatic heterocycles. The molecule has 3 aromatic rings. The number of aromatic nitrogens is 1. The number of hydrogen-bond donors (Lipinski definition) is 3. The molecule has 0 saturated carbocycles. The third-order valence-corrected chi connectivity index (χ3v) is 5.45. The second-order valence-electron chi connectivity index (χ2n) is 7.46. The van der Waals surface area contributed by atoms with E-state index >= 15 is 0 Å². The average molecular weight is 440 g/mol. The molecule has 0 spiro atoms. The zero-order valence-corrected chi connectivity index (χ0v) is 18.1. The lowest BCUT2D eigenvalue weighted by molar-refractivity contribution is -0.119. The number of halogens is 1. The van der Waals surface area contributed by atoms with Gasteiger partial charge in [0, 0.05) is 11.8 Å². The Balaban J connectivity index is 1.98. The van der Waals surface area contributed by atoms with Crippen LogP contribution in [-0.2, 0) is 11.2 Å². The van der Waals surface area contributed by atoms with Gasteiger partial charge in [0.1, 0.15) is 17.5 Å². The van der Waals surface area contributed by atoms with Crippen molar-refractivity contribution in [3.8, 4) is 0 Å². The molecule has 1 amide bonds. The molecule has 7 heteroatoms. The van der Waals surface area contributed by atoms with Crippen molar-refractivity contribution in [2.75, 3.05) is 6.54 Å². The van der Waals surface area contributed by atoms with Gasteiger partial charge >= 0.3 is 0 Å². The number of carbonyl (C=O) groups is 2. The smallest absolute Gasteiger partial charge is 0.272 e. The van der Waals surface area contributed by atoms with E-state index in [1.165, 1.54) is 0 Å². The SMILES string of the molecule is CCCCNC(Cc1ccccc1)(NC(=O)c1nc2ccccc2cc1Cl)C(O)C=O. The Morgan fingerprint density at radius 2 is 1.90 bits per heavy atom. The van der Waals surface area contributed by atoms with Crippen LogP contribution in [0, 0.1) is 0 Å². The van der Waals surface area contributed by atoms with E-state index in [2.05, 4.69) is 15.6 Å². The molecule has 3 rings (SSSR count). The van der Waals surface area contributed by atoms with Gasteiger partial charge in [0.25, 0.3) is 5.91 Å². The van der Waals surface area contributed by atoms with Gasteiger partial charge in [0.15, 0.2) is 6.29 Å². The zero-order chi connectivity index (χ0) is 22.3. The number of para-hydroxylation sites is 1.